The van der Waals surface area contributed by atoms with E-state index in [2.05, 4.69) is 103 Å². The van der Waals surface area contributed by atoms with Crippen LogP contribution >= 0.6 is 0 Å². The molecule has 2 rings (SSSR count). The van der Waals surface area contributed by atoms with Crippen LogP contribution in [0, 0.1) is 0 Å². The van der Waals surface area contributed by atoms with Crippen molar-refractivity contribution in [1.29, 1.82) is 0 Å². The van der Waals surface area contributed by atoms with Gasteiger partial charge < -0.3 is 4.90 Å². The van der Waals surface area contributed by atoms with E-state index in [1.807, 2.05) is 12.4 Å². The van der Waals surface area contributed by atoms with Gasteiger partial charge in [0, 0.05) is 12.2 Å². The molecule has 0 aromatic heterocycles. The van der Waals surface area contributed by atoms with Crippen molar-refractivity contribution in [3.63, 3.8) is 0 Å². The highest BCUT2D eigenvalue weighted by Gasteiger charge is 2.19. The summed E-state index contributed by atoms with van der Waals surface area (Å²) in [5.41, 5.74) is 7.71. The molecular weight excluding hydrogens is 364 g/mol. The van der Waals surface area contributed by atoms with Gasteiger partial charge in [0.2, 0.25) is 0 Å². The van der Waals surface area contributed by atoms with E-state index < -0.39 is 0 Å². The molecule has 30 heavy (non-hydrogen) atoms. The van der Waals surface area contributed by atoms with Crippen molar-refractivity contribution in [2.45, 2.75) is 79.1 Å². The zero-order chi connectivity index (χ0) is 22.4. The topological polar surface area (TPSA) is 15.6 Å². The second-order valence-corrected chi connectivity index (χ2v) is 9.37. The summed E-state index contributed by atoms with van der Waals surface area (Å²) in [6.45, 7) is 22.8. The van der Waals surface area contributed by atoms with Crippen molar-refractivity contribution in [3.8, 4) is 0 Å². The number of nitrogens with zero attached hydrogens (tertiary/aromatic N) is 2. The second kappa shape index (κ2) is 10.6. The molecule has 0 aliphatic rings. The van der Waals surface area contributed by atoms with Crippen LogP contribution in [-0.2, 0) is 0 Å². The van der Waals surface area contributed by atoms with Crippen molar-refractivity contribution < 1.29 is 0 Å². The van der Waals surface area contributed by atoms with Crippen LogP contribution in [-0.4, -0.2) is 12.9 Å². The molecule has 2 aromatic carbocycles. The minimum absolute atomic E-state index is 0.429. The molecule has 2 heteroatoms. The average Bonchev–Trinajstić information content (AvgIpc) is 2.69. The SMILES string of the molecule is C=CCN(C=Nc1c(C(C)C)cccc1C(C)C)c1c(C(C)C)cccc1C(C)C. The molecule has 162 valence electrons. The zero-order valence-corrected chi connectivity index (χ0v) is 20.2. The Labute approximate surface area is 184 Å². The first-order valence-electron chi connectivity index (χ1n) is 11.4. The van der Waals surface area contributed by atoms with Gasteiger partial charge in [-0.3, -0.25) is 0 Å². The van der Waals surface area contributed by atoms with Crippen molar-refractivity contribution in [1.82, 2.24) is 0 Å². The number of aliphatic imine (C=N–C) groups is 1. The number of benzene rings is 2. The van der Waals surface area contributed by atoms with Crippen LogP contribution in [0.25, 0.3) is 0 Å². The van der Waals surface area contributed by atoms with E-state index in [4.69, 9.17) is 4.99 Å². The third-order valence-electron chi connectivity index (χ3n) is 5.62. The van der Waals surface area contributed by atoms with Crippen LogP contribution < -0.4 is 4.90 Å². The van der Waals surface area contributed by atoms with Crippen molar-refractivity contribution >= 4 is 17.7 Å². The van der Waals surface area contributed by atoms with Gasteiger partial charge in [-0.1, -0.05) is 97.9 Å². The summed E-state index contributed by atoms with van der Waals surface area (Å²) in [5.74, 6) is 1.73. The molecule has 0 aliphatic carbocycles. The van der Waals surface area contributed by atoms with Gasteiger partial charge in [0.1, 0.15) is 0 Å². The number of hydrogen-bond donors (Lipinski definition) is 0. The van der Waals surface area contributed by atoms with Gasteiger partial charge in [-0.15, -0.1) is 6.58 Å². The third kappa shape index (κ3) is 5.41. The van der Waals surface area contributed by atoms with Crippen molar-refractivity contribution in [2.24, 2.45) is 4.99 Å². The predicted molar refractivity (Wildman–Crippen MR) is 135 cm³/mol. The number of hydrogen-bond acceptors (Lipinski definition) is 1. The second-order valence-electron chi connectivity index (χ2n) is 9.37. The molecule has 0 saturated carbocycles. The Hall–Kier alpha value is -2.35. The summed E-state index contributed by atoms with van der Waals surface area (Å²) in [4.78, 5) is 7.37. The van der Waals surface area contributed by atoms with Crippen LogP contribution in [0.15, 0.2) is 54.0 Å². The van der Waals surface area contributed by atoms with Gasteiger partial charge in [0.05, 0.1) is 12.0 Å². The van der Waals surface area contributed by atoms with Crippen molar-refractivity contribution in [3.05, 3.63) is 71.3 Å². The van der Waals surface area contributed by atoms with Crippen LogP contribution in [0.2, 0.25) is 0 Å². The molecule has 0 saturated heterocycles. The minimum Gasteiger partial charge on any atom is -0.328 e. The maximum absolute atomic E-state index is 5.10. The summed E-state index contributed by atoms with van der Waals surface area (Å²) >= 11 is 0. The molecular formula is C28H40N2. The molecule has 0 spiro atoms. The molecule has 0 fully saturated rings. The molecule has 0 heterocycles. The molecule has 0 bridgehead atoms. The quantitative estimate of drug-likeness (QED) is 0.232. The van der Waals surface area contributed by atoms with E-state index in [9.17, 15) is 0 Å². The summed E-state index contributed by atoms with van der Waals surface area (Å²) < 4.78 is 0. The highest BCUT2D eigenvalue weighted by atomic mass is 15.2. The molecule has 0 atom stereocenters. The Morgan fingerprint density at radius 2 is 1.13 bits per heavy atom. The van der Waals surface area contributed by atoms with E-state index in [0.29, 0.717) is 23.7 Å². The first kappa shape index (κ1) is 23.9. The fourth-order valence-electron chi connectivity index (χ4n) is 3.97. The molecule has 2 aromatic rings. The fourth-order valence-corrected chi connectivity index (χ4v) is 3.97. The number of rotatable bonds is 9. The zero-order valence-electron chi connectivity index (χ0n) is 20.2. The molecule has 2 nitrogen and oxygen atoms in total. The van der Waals surface area contributed by atoms with Crippen molar-refractivity contribution in [2.75, 3.05) is 11.4 Å². The lowest BCUT2D eigenvalue weighted by Gasteiger charge is -2.28. The molecule has 0 unspecified atom stereocenters. The fraction of sp³-hybridized carbons (Fsp3) is 0.464. The lowest BCUT2D eigenvalue weighted by molar-refractivity contribution is 0.826. The summed E-state index contributed by atoms with van der Waals surface area (Å²) in [5, 5.41) is 0. The van der Waals surface area contributed by atoms with Crippen LogP contribution in [0.3, 0.4) is 0 Å². The van der Waals surface area contributed by atoms with Crippen LogP contribution in [0.5, 0.6) is 0 Å². The average molecular weight is 405 g/mol. The van der Waals surface area contributed by atoms with Gasteiger partial charge in [-0.05, 0) is 45.9 Å². The lowest BCUT2D eigenvalue weighted by atomic mass is 9.92. The van der Waals surface area contributed by atoms with Gasteiger partial charge in [-0.25, -0.2) is 4.99 Å². The summed E-state index contributed by atoms with van der Waals surface area (Å²) in [6.07, 6.45) is 3.99. The van der Waals surface area contributed by atoms with Gasteiger partial charge in [-0.2, -0.15) is 0 Å². The molecule has 0 radical (unpaired) electrons. The Balaban J connectivity index is 2.66. The lowest BCUT2D eigenvalue weighted by Crippen LogP contribution is -2.24. The Bertz CT molecular complexity index is 820. The smallest absolute Gasteiger partial charge is 0.0960 e. The first-order valence-corrected chi connectivity index (χ1v) is 11.4. The summed E-state index contributed by atoms with van der Waals surface area (Å²) in [7, 11) is 0. The summed E-state index contributed by atoms with van der Waals surface area (Å²) in [6, 6.07) is 13.3. The standard InChI is InChI=1S/C28H40N2/c1-10-17-30(28-25(21(6)7)15-12-16-26(28)22(8)9)18-29-27-23(19(2)3)13-11-14-24(27)20(4)5/h10-16,18-22H,1,17H2,2-9H3. The van der Waals surface area contributed by atoms with E-state index in [-0.39, 0.29) is 0 Å². The Morgan fingerprint density at radius 3 is 1.50 bits per heavy atom. The van der Waals surface area contributed by atoms with Gasteiger partial charge >= 0.3 is 0 Å². The van der Waals surface area contributed by atoms with E-state index in [1.165, 1.54) is 27.9 Å². The van der Waals surface area contributed by atoms with E-state index in [0.717, 1.165) is 12.2 Å². The number of anilines is 1. The molecule has 0 amide bonds. The maximum Gasteiger partial charge on any atom is 0.0960 e. The third-order valence-corrected chi connectivity index (χ3v) is 5.62. The first-order chi connectivity index (χ1) is 14.2. The Kier molecular flexibility index (Phi) is 8.46. The van der Waals surface area contributed by atoms with E-state index >= 15 is 0 Å². The number of para-hydroxylation sites is 2. The monoisotopic (exact) mass is 404 g/mol. The van der Waals surface area contributed by atoms with Crippen LogP contribution in [0.4, 0.5) is 11.4 Å². The predicted octanol–water partition coefficient (Wildman–Crippen LogP) is 8.53. The highest BCUT2D eigenvalue weighted by Crippen LogP contribution is 2.37. The minimum atomic E-state index is 0.429. The highest BCUT2D eigenvalue weighted by molar-refractivity contribution is 5.85. The van der Waals surface area contributed by atoms with Gasteiger partial charge in [0.15, 0.2) is 0 Å². The largest absolute Gasteiger partial charge is 0.328 e. The normalized spacial score (nSPS) is 12.0. The molecule has 0 aliphatic heterocycles. The van der Waals surface area contributed by atoms with Crippen LogP contribution in [0.1, 0.15) is 101 Å². The van der Waals surface area contributed by atoms with Gasteiger partial charge in [0.25, 0.3) is 0 Å². The molecule has 0 N–H and O–H groups in total. The Morgan fingerprint density at radius 1 is 0.733 bits per heavy atom. The maximum atomic E-state index is 5.10. The van der Waals surface area contributed by atoms with E-state index in [1.54, 1.807) is 0 Å².